The zero-order chi connectivity index (χ0) is 45.3. The molecular formula is C48H71N5O9. The van der Waals surface area contributed by atoms with Gasteiger partial charge in [0.2, 0.25) is 17.7 Å². The molecule has 1 saturated carbocycles. The van der Waals surface area contributed by atoms with Gasteiger partial charge in [0, 0.05) is 38.6 Å². The van der Waals surface area contributed by atoms with Crippen LogP contribution in [0.1, 0.15) is 111 Å². The summed E-state index contributed by atoms with van der Waals surface area (Å²) >= 11 is 0. The Morgan fingerprint density at radius 2 is 1.68 bits per heavy atom. The molecule has 2 heterocycles. The number of hydrogen-bond acceptors (Lipinski definition) is 11. The number of ether oxygens (including phenoxy) is 1. The Hall–Kier alpha value is -4.63. The van der Waals surface area contributed by atoms with Crippen molar-refractivity contribution in [3.8, 4) is 5.75 Å². The predicted molar refractivity (Wildman–Crippen MR) is 238 cm³/mol. The number of rotatable bonds is 10. The highest BCUT2D eigenvalue weighted by atomic mass is 16.5. The normalized spacial score (nSPS) is 30.3. The van der Waals surface area contributed by atoms with E-state index in [-0.39, 0.29) is 48.7 Å². The van der Waals surface area contributed by atoms with E-state index in [9.17, 15) is 39.3 Å². The van der Waals surface area contributed by atoms with Crippen molar-refractivity contribution in [1.29, 1.82) is 0 Å². The number of cyclic esters (lactones) is 1. The molecule has 3 unspecified atom stereocenters. The molecule has 342 valence electrons. The molecule has 62 heavy (non-hydrogen) atoms. The maximum Gasteiger partial charge on any atom is 0.325 e. The molecule has 9 atom stereocenters. The number of Topliss-reactive ketones (excluding diaryl/α,β-unsaturated/α-hetero) is 1. The second-order valence-corrected chi connectivity index (χ2v) is 17.7. The van der Waals surface area contributed by atoms with Crippen LogP contribution in [0.15, 0.2) is 72.4 Å². The van der Waals surface area contributed by atoms with Crippen molar-refractivity contribution in [2.75, 3.05) is 13.6 Å². The largest absolute Gasteiger partial charge is 0.508 e. The fourth-order valence-electron chi connectivity index (χ4n) is 8.34. The fraction of sp³-hybridized carbons (Fsp3) is 0.604. The van der Waals surface area contributed by atoms with Crippen LogP contribution in [-0.4, -0.2) is 111 Å². The highest BCUT2D eigenvalue weighted by Crippen LogP contribution is 2.25. The highest BCUT2D eigenvalue weighted by molar-refractivity contribution is 5.89. The molecule has 14 heteroatoms. The molecule has 4 rings (SSSR count). The van der Waals surface area contributed by atoms with Crippen LogP contribution in [0, 0.1) is 17.8 Å². The SMILES string of the molecule is CC(=O)CC[C@H]1C(=O)N[C@@H](C(C)C)C(=O)N[C@@H](Cc2cccc(O)c2)C(O)N2CCCC(N2)C(=O)O[C@H](/C(C)=C/C=C/C(=O)N(C)C2CCCCC2)C/C=C/C=C/C[C@H](C)[C@H]1O. The van der Waals surface area contributed by atoms with Crippen LogP contribution in [0.2, 0.25) is 0 Å². The minimum atomic E-state index is -1.37. The molecule has 0 aromatic heterocycles. The number of aliphatic hydroxyl groups excluding tert-OH is 2. The number of carbonyl (C=O) groups is 5. The van der Waals surface area contributed by atoms with E-state index in [4.69, 9.17) is 4.74 Å². The Labute approximate surface area is 367 Å². The number of phenolic OH excluding ortho intramolecular Hbond substituents is 1. The van der Waals surface area contributed by atoms with Crippen LogP contribution in [-0.2, 0) is 35.1 Å². The number of aromatic hydroxyl groups is 1. The number of nitrogens with one attached hydrogen (secondary N) is 3. The number of likely N-dealkylation sites (N-methyl/N-ethyl adjacent to an activating group) is 1. The first-order valence-electron chi connectivity index (χ1n) is 22.5. The van der Waals surface area contributed by atoms with Crippen LogP contribution in [0.5, 0.6) is 5.75 Å². The molecule has 0 spiro atoms. The summed E-state index contributed by atoms with van der Waals surface area (Å²) in [7, 11) is 1.84. The molecule has 2 bridgehead atoms. The van der Waals surface area contributed by atoms with E-state index in [2.05, 4.69) is 16.1 Å². The van der Waals surface area contributed by atoms with Crippen LogP contribution in [0.3, 0.4) is 0 Å². The number of allylic oxidation sites excluding steroid dienone is 5. The Morgan fingerprint density at radius 1 is 0.968 bits per heavy atom. The molecule has 1 saturated heterocycles. The van der Waals surface area contributed by atoms with Gasteiger partial charge in [-0.25, -0.2) is 10.4 Å². The van der Waals surface area contributed by atoms with E-state index in [0.717, 1.165) is 31.3 Å². The van der Waals surface area contributed by atoms with Crippen LogP contribution < -0.4 is 16.1 Å². The molecule has 2 aliphatic heterocycles. The summed E-state index contributed by atoms with van der Waals surface area (Å²) in [4.78, 5) is 68.9. The van der Waals surface area contributed by atoms with Gasteiger partial charge in [-0.05, 0) is 93.9 Å². The van der Waals surface area contributed by atoms with Gasteiger partial charge in [-0.15, -0.1) is 0 Å². The molecule has 2 fully saturated rings. The predicted octanol–water partition coefficient (Wildman–Crippen LogP) is 4.94. The lowest BCUT2D eigenvalue weighted by Crippen LogP contribution is -2.64. The molecule has 0 radical (unpaired) electrons. The Balaban J connectivity index is 1.66. The van der Waals surface area contributed by atoms with E-state index >= 15 is 0 Å². The first-order valence-corrected chi connectivity index (χ1v) is 22.5. The van der Waals surface area contributed by atoms with Gasteiger partial charge in [0.15, 0.2) is 0 Å². The number of amides is 3. The van der Waals surface area contributed by atoms with Gasteiger partial charge in [0.1, 0.15) is 35.9 Å². The lowest BCUT2D eigenvalue weighted by molar-refractivity contribution is -0.157. The first kappa shape index (κ1) is 50.0. The molecule has 3 amide bonds. The topological polar surface area (TPSA) is 198 Å². The number of fused-ring (bicyclic) bond motifs is 2. The maximum absolute atomic E-state index is 14.2. The van der Waals surface area contributed by atoms with Gasteiger partial charge in [-0.2, -0.15) is 0 Å². The molecule has 1 aliphatic carbocycles. The number of aliphatic hydroxyl groups is 2. The Morgan fingerprint density at radius 3 is 2.35 bits per heavy atom. The Bertz CT molecular complexity index is 1790. The van der Waals surface area contributed by atoms with Crippen LogP contribution in [0.25, 0.3) is 0 Å². The van der Waals surface area contributed by atoms with Crippen LogP contribution in [0.4, 0.5) is 0 Å². The standard InChI is InChI=1S/C48H71N5O9/c1-31(2)43-46(59)49-40(30-35-19-15-22-37(55)29-35)47(60)53-28-16-23-39(51-53)48(61)62-41(32(3)18-14-25-42(56)52(6)36-20-11-9-12-21-36)24-13-8-7-10-17-33(4)44(57)38(45(58)50-43)27-26-34(5)54/h7-8,10,13-15,18-19,22,25,29,31,33,36,38-41,43-44,47,51,55,57,60H,9,11-12,16-17,20-21,23-24,26-28,30H2,1-6H3,(H,49,59)(H,50,58)/b10-7+,13-8+,25-14+,32-18+/t33-,38+,39?,40-,41-,43-,44+,47?/m0/s1. The minimum Gasteiger partial charge on any atom is -0.508 e. The number of hydrogen-bond donors (Lipinski definition) is 6. The maximum atomic E-state index is 14.2. The van der Waals surface area contributed by atoms with E-state index in [1.54, 1.807) is 43.0 Å². The quantitative estimate of drug-likeness (QED) is 0.106. The Kier molecular flexibility index (Phi) is 20.1. The number of ketones is 1. The van der Waals surface area contributed by atoms with Gasteiger partial charge < -0.3 is 40.4 Å². The average molecular weight is 862 g/mol. The second-order valence-electron chi connectivity index (χ2n) is 17.7. The van der Waals surface area contributed by atoms with E-state index in [1.807, 2.05) is 45.2 Å². The molecule has 6 N–H and O–H groups in total. The third-order valence-electron chi connectivity index (χ3n) is 12.3. The molecular weight excluding hydrogens is 791 g/mol. The van der Waals surface area contributed by atoms with Crippen molar-refractivity contribution < 1.29 is 44.0 Å². The fourth-order valence-corrected chi connectivity index (χ4v) is 8.34. The molecule has 14 nitrogen and oxygen atoms in total. The van der Waals surface area contributed by atoms with Gasteiger partial charge in [-0.1, -0.05) is 88.6 Å². The zero-order valence-corrected chi connectivity index (χ0v) is 37.5. The van der Waals surface area contributed by atoms with Gasteiger partial charge in [0.25, 0.3) is 0 Å². The van der Waals surface area contributed by atoms with E-state index in [1.165, 1.54) is 36.6 Å². The van der Waals surface area contributed by atoms with E-state index < -0.39 is 66.2 Å². The van der Waals surface area contributed by atoms with E-state index in [0.29, 0.717) is 37.8 Å². The minimum absolute atomic E-state index is 0.00968. The van der Waals surface area contributed by atoms with Crippen molar-refractivity contribution in [2.24, 2.45) is 17.8 Å². The summed E-state index contributed by atoms with van der Waals surface area (Å²) in [5, 5.41) is 41.0. The number of phenols is 1. The number of hydrazine groups is 1. The first-order chi connectivity index (χ1) is 29.5. The second kappa shape index (κ2) is 24.9. The van der Waals surface area contributed by atoms with Crippen molar-refractivity contribution in [2.45, 2.75) is 154 Å². The van der Waals surface area contributed by atoms with Gasteiger partial charge >= 0.3 is 5.97 Å². The summed E-state index contributed by atoms with van der Waals surface area (Å²) in [6.45, 7) is 8.98. The molecule has 1 aromatic carbocycles. The molecule has 1 aromatic rings. The lowest BCUT2D eigenvalue weighted by Gasteiger charge is -2.40. The van der Waals surface area contributed by atoms with Gasteiger partial charge in [0.05, 0.1) is 18.1 Å². The molecule has 3 aliphatic rings. The number of carbonyl (C=O) groups excluding carboxylic acids is 5. The third kappa shape index (κ3) is 15.3. The monoisotopic (exact) mass is 862 g/mol. The highest BCUT2D eigenvalue weighted by Gasteiger charge is 2.38. The summed E-state index contributed by atoms with van der Waals surface area (Å²) < 4.78 is 6.15. The smallest absolute Gasteiger partial charge is 0.325 e. The van der Waals surface area contributed by atoms with Crippen molar-refractivity contribution >= 4 is 29.5 Å². The number of benzene rings is 1. The van der Waals surface area contributed by atoms with Crippen LogP contribution >= 0.6 is 0 Å². The van der Waals surface area contributed by atoms with Crippen molar-refractivity contribution in [3.63, 3.8) is 0 Å². The third-order valence-corrected chi connectivity index (χ3v) is 12.3. The summed E-state index contributed by atoms with van der Waals surface area (Å²) in [5.74, 6) is -3.63. The summed E-state index contributed by atoms with van der Waals surface area (Å²) in [6.07, 6.45) is 16.6. The van der Waals surface area contributed by atoms with Crippen molar-refractivity contribution in [1.82, 2.24) is 26.0 Å². The lowest BCUT2D eigenvalue weighted by atomic mass is 9.85. The number of nitrogens with zero attached hydrogens (tertiary/aromatic N) is 2. The van der Waals surface area contributed by atoms with Gasteiger partial charge in [-0.3, -0.25) is 19.2 Å². The zero-order valence-electron chi connectivity index (χ0n) is 37.5. The summed E-state index contributed by atoms with van der Waals surface area (Å²) in [5.41, 5.74) is 4.49. The van der Waals surface area contributed by atoms with Crippen molar-refractivity contribution in [3.05, 3.63) is 77.9 Å². The average Bonchev–Trinajstić information content (AvgIpc) is 3.24. The summed E-state index contributed by atoms with van der Waals surface area (Å²) in [6, 6.07) is 3.82. The number of esters is 1.